The molecular weight excluding hydrogens is 284 g/mol. The van der Waals surface area contributed by atoms with E-state index < -0.39 is 11.9 Å². The summed E-state index contributed by atoms with van der Waals surface area (Å²) in [6, 6.07) is 6.51. The average molecular weight is 300 g/mol. The van der Waals surface area contributed by atoms with Gasteiger partial charge in [0.1, 0.15) is 5.69 Å². The Morgan fingerprint density at radius 3 is 2.86 bits per heavy atom. The first-order valence-corrected chi connectivity index (χ1v) is 7.16. The third kappa shape index (κ3) is 2.83. The molecule has 2 N–H and O–H groups in total. The molecule has 2 aromatic rings. The second kappa shape index (κ2) is 5.97. The maximum Gasteiger partial charge on any atom is 0.308 e. The normalized spacial score (nSPS) is 20.7. The van der Waals surface area contributed by atoms with Gasteiger partial charge in [-0.2, -0.15) is 5.10 Å². The van der Waals surface area contributed by atoms with Crippen LogP contribution in [0.1, 0.15) is 29.8 Å². The standard InChI is InChI=1S/C15H16N4O3/c20-14(18-11-5-1-4-10(11)15(21)22)12-6-2-7-13(17-12)19-9-3-8-16-19/h2-3,6-11H,1,4-5H2,(H,18,20)(H,21,22)/t10-,11+/m1/s1. The van der Waals surface area contributed by atoms with E-state index in [4.69, 9.17) is 5.11 Å². The predicted molar refractivity (Wildman–Crippen MR) is 77.6 cm³/mol. The second-order valence-corrected chi connectivity index (χ2v) is 5.29. The fraction of sp³-hybridized carbons (Fsp3) is 0.333. The van der Waals surface area contributed by atoms with Crippen LogP contribution in [-0.4, -0.2) is 37.8 Å². The van der Waals surface area contributed by atoms with Crippen molar-refractivity contribution in [3.05, 3.63) is 42.4 Å². The third-order valence-corrected chi connectivity index (χ3v) is 3.86. The molecule has 2 atom stereocenters. The molecule has 1 saturated carbocycles. The maximum atomic E-state index is 12.3. The van der Waals surface area contributed by atoms with E-state index in [0.717, 1.165) is 6.42 Å². The number of amides is 1. The summed E-state index contributed by atoms with van der Waals surface area (Å²) < 4.78 is 1.56. The lowest BCUT2D eigenvalue weighted by Gasteiger charge is -2.17. The van der Waals surface area contributed by atoms with Crippen molar-refractivity contribution in [2.75, 3.05) is 0 Å². The van der Waals surface area contributed by atoms with Crippen molar-refractivity contribution in [2.24, 2.45) is 5.92 Å². The van der Waals surface area contributed by atoms with Gasteiger partial charge in [-0.3, -0.25) is 9.59 Å². The van der Waals surface area contributed by atoms with E-state index in [2.05, 4.69) is 15.4 Å². The molecule has 2 aromatic heterocycles. The SMILES string of the molecule is O=C(N[C@H]1CCC[C@H]1C(=O)O)c1cccc(-n2cccn2)n1. The molecule has 2 heterocycles. The maximum absolute atomic E-state index is 12.3. The number of hydrogen-bond donors (Lipinski definition) is 2. The van der Waals surface area contributed by atoms with Crippen molar-refractivity contribution in [1.82, 2.24) is 20.1 Å². The first-order chi connectivity index (χ1) is 10.6. The van der Waals surface area contributed by atoms with Crippen molar-refractivity contribution in [3.8, 4) is 5.82 Å². The summed E-state index contributed by atoms with van der Waals surface area (Å²) in [5.74, 6) is -1.19. The molecule has 0 aliphatic heterocycles. The van der Waals surface area contributed by atoms with Gasteiger partial charge in [0.15, 0.2) is 5.82 Å². The van der Waals surface area contributed by atoms with Gasteiger partial charge >= 0.3 is 5.97 Å². The fourth-order valence-corrected chi connectivity index (χ4v) is 2.75. The highest BCUT2D eigenvalue weighted by Crippen LogP contribution is 2.26. The molecule has 1 amide bonds. The highest BCUT2D eigenvalue weighted by molar-refractivity contribution is 5.93. The molecule has 0 spiro atoms. The Labute approximate surface area is 127 Å². The van der Waals surface area contributed by atoms with Crippen LogP contribution < -0.4 is 5.32 Å². The van der Waals surface area contributed by atoms with Gasteiger partial charge in [0.05, 0.1) is 5.92 Å². The molecule has 0 saturated heterocycles. The number of nitrogens with one attached hydrogen (secondary N) is 1. The van der Waals surface area contributed by atoms with Crippen LogP contribution >= 0.6 is 0 Å². The molecule has 0 radical (unpaired) electrons. The Morgan fingerprint density at radius 2 is 2.14 bits per heavy atom. The molecule has 7 heteroatoms. The summed E-state index contributed by atoms with van der Waals surface area (Å²) in [5, 5.41) is 16.0. The third-order valence-electron chi connectivity index (χ3n) is 3.86. The second-order valence-electron chi connectivity index (χ2n) is 5.29. The zero-order chi connectivity index (χ0) is 15.5. The smallest absolute Gasteiger partial charge is 0.308 e. The Kier molecular flexibility index (Phi) is 3.86. The molecule has 0 bridgehead atoms. The molecule has 1 aliphatic carbocycles. The van der Waals surface area contributed by atoms with Crippen LogP contribution in [0.4, 0.5) is 0 Å². The van der Waals surface area contributed by atoms with Crippen molar-refractivity contribution < 1.29 is 14.7 Å². The van der Waals surface area contributed by atoms with E-state index in [1.807, 2.05) is 0 Å². The van der Waals surface area contributed by atoms with Crippen LogP contribution in [0.2, 0.25) is 0 Å². The summed E-state index contributed by atoms with van der Waals surface area (Å²) in [6.07, 6.45) is 5.46. The van der Waals surface area contributed by atoms with Gasteiger partial charge in [-0.25, -0.2) is 9.67 Å². The van der Waals surface area contributed by atoms with E-state index in [1.54, 1.807) is 41.3 Å². The number of hydrogen-bond acceptors (Lipinski definition) is 4. The van der Waals surface area contributed by atoms with Crippen LogP contribution in [0, 0.1) is 5.92 Å². The van der Waals surface area contributed by atoms with Gasteiger partial charge < -0.3 is 10.4 Å². The zero-order valence-electron chi connectivity index (χ0n) is 11.8. The number of nitrogens with zero attached hydrogens (tertiary/aromatic N) is 3. The molecule has 22 heavy (non-hydrogen) atoms. The van der Waals surface area contributed by atoms with Crippen molar-refractivity contribution in [3.63, 3.8) is 0 Å². The highest BCUT2D eigenvalue weighted by Gasteiger charge is 2.34. The molecule has 1 aliphatic rings. The van der Waals surface area contributed by atoms with Gasteiger partial charge in [-0.15, -0.1) is 0 Å². The van der Waals surface area contributed by atoms with E-state index in [0.29, 0.717) is 18.7 Å². The van der Waals surface area contributed by atoms with Gasteiger partial charge in [-0.05, 0) is 31.0 Å². The molecule has 0 unspecified atom stereocenters. The van der Waals surface area contributed by atoms with Crippen LogP contribution in [0.15, 0.2) is 36.7 Å². The van der Waals surface area contributed by atoms with Gasteiger partial charge in [0, 0.05) is 18.4 Å². The minimum atomic E-state index is -0.860. The van der Waals surface area contributed by atoms with E-state index in [1.165, 1.54) is 0 Å². The summed E-state index contributed by atoms with van der Waals surface area (Å²) in [6.45, 7) is 0. The number of rotatable bonds is 4. The Balaban J connectivity index is 1.75. The van der Waals surface area contributed by atoms with Crippen molar-refractivity contribution in [2.45, 2.75) is 25.3 Å². The van der Waals surface area contributed by atoms with Gasteiger partial charge in [0.25, 0.3) is 5.91 Å². The molecule has 7 nitrogen and oxygen atoms in total. The Bertz CT molecular complexity index is 684. The number of aliphatic carboxylic acids is 1. The van der Waals surface area contributed by atoms with Gasteiger partial charge in [-0.1, -0.05) is 12.5 Å². The van der Waals surface area contributed by atoms with Crippen LogP contribution in [0.25, 0.3) is 5.82 Å². The lowest BCUT2D eigenvalue weighted by molar-refractivity contribution is -0.142. The van der Waals surface area contributed by atoms with Crippen LogP contribution in [0.5, 0.6) is 0 Å². The minimum absolute atomic E-state index is 0.254. The Morgan fingerprint density at radius 1 is 1.27 bits per heavy atom. The molecule has 3 rings (SSSR count). The van der Waals surface area contributed by atoms with E-state index >= 15 is 0 Å². The summed E-state index contributed by atoms with van der Waals surface area (Å²) in [5.41, 5.74) is 0.254. The summed E-state index contributed by atoms with van der Waals surface area (Å²) in [4.78, 5) is 27.7. The minimum Gasteiger partial charge on any atom is -0.481 e. The van der Waals surface area contributed by atoms with E-state index in [9.17, 15) is 9.59 Å². The summed E-state index contributed by atoms with van der Waals surface area (Å²) in [7, 11) is 0. The number of carboxylic acid groups (broad SMARTS) is 1. The van der Waals surface area contributed by atoms with Crippen molar-refractivity contribution in [1.29, 1.82) is 0 Å². The monoisotopic (exact) mass is 300 g/mol. The first-order valence-electron chi connectivity index (χ1n) is 7.16. The number of aromatic nitrogens is 3. The predicted octanol–water partition coefficient (Wildman–Crippen LogP) is 1.25. The molecule has 1 fully saturated rings. The molecular formula is C15H16N4O3. The lowest BCUT2D eigenvalue weighted by atomic mass is 10.0. The number of carbonyl (C=O) groups is 2. The lowest BCUT2D eigenvalue weighted by Crippen LogP contribution is -2.40. The Hall–Kier alpha value is -2.70. The van der Waals surface area contributed by atoms with Gasteiger partial charge in [0.2, 0.25) is 0 Å². The highest BCUT2D eigenvalue weighted by atomic mass is 16.4. The summed E-state index contributed by atoms with van der Waals surface area (Å²) >= 11 is 0. The number of carbonyl (C=O) groups excluding carboxylic acids is 1. The molecule has 0 aromatic carbocycles. The fourth-order valence-electron chi connectivity index (χ4n) is 2.75. The largest absolute Gasteiger partial charge is 0.481 e. The molecule has 114 valence electrons. The quantitative estimate of drug-likeness (QED) is 0.885. The topological polar surface area (TPSA) is 97.1 Å². The van der Waals surface area contributed by atoms with Crippen LogP contribution in [-0.2, 0) is 4.79 Å². The zero-order valence-corrected chi connectivity index (χ0v) is 11.8. The average Bonchev–Trinajstić information content (AvgIpc) is 3.18. The number of carboxylic acids is 1. The van der Waals surface area contributed by atoms with Crippen LogP contribution in [0.3, 0.4) is 0 Å². The van der Waals surface area contributed by atoms with Crippen molar-refractivity contribution >= 4 is 11.9 Å². The first kappa shape index (κ1) is 14.2. The number of pyridine rings is 1. The van der Waals surface area contributed by atoms with E-state index in [-0.39, 0.29) is 17.6 Å².